The fourth-order valence-electron chi connectivity index (χ4n) is 0.995. The summed E-state index contributed by atoms with van der Waals surface area (Å²) in [7, 11) is 1.72. The molecule has 0 rings (SSSR count). The average Bonchev–Trinajstić information content (AvgIpc) is 2.06. The molecule has 2 unspecified atom stereocenters. The van der Waals surface area contributed by atoms with E-state index in [0.717, 1.165) is 0 Å². The third-order valence-corrected chi connectivity index (χ3v) is 2.93. The minimum atomic E-state index is -0.0394. The summed E-state index contributed by atoms with van der Waals surface area (Å²) in [6, 6.07) is 0.000787. The molecule has 0 aromatic rings. The average molecular weight is 206 g/mol. The number of nitrogens with one attached hydrogen (secondary N) is 2. The van der Waals surface area contributed by atoms with Crippen molar-refractivity contribution in [3.05, 3.63) is 0 Å². The fraction of sp³-hybridized carbons (Fsp3) is 0.875. The van der Waals surface area contributed by atoms with Crippen LogP contribution in [0.2, 0.25) is 0 Å². The third-order valence-electron chi connectivity index (χ3n) is 1.77. The predicted octanol–water partition coefficient (Wildman–Crippen LogP) is -0.566. The van der Waals surface area contributed by atoms with Crippen molar-refractivity contribution in [2.24, 2.45) is 0 Å². The van der Waals surface area contributed by atoms with E-state index in [1.807, 2.05) is 13.2 Å². The van der Waals surface area contributed by atoms with Crippen LogP contribution in [0.4, 0.5) is 0 Å². The van der Waals surface area contributed by atoms with Crippen LogP contribution >= 0.6 is 11.8 Å². The first kappa shape index (κ1) is 12.7. The highest BCUT2D eigenvalue weighted by Crippen LogP contribution is 2.09. The number of rotatable bonds is 6. The standard InChI is InChI=1S/C8H18N2O2S/c1-6(7(5-11)13-3)10-8(12)4-9-2/h6-7,9,11H,4-5H2,1-3H3,(H,10,12). The van der Waals surface area contributed by atoms with Crippen molar-refractivity contribution < 1.29 is 9.90 Å². The quantitative estimate of drug-likeness (QED) is 0.545. The predicted molar refractivity (Wildman–Crippen MR) is 55.9 cm³/mol. The molecule has 0 radical (unpaired) electrons. The molecular formula is C8H18N2O2S. The molecule has 0 heterocycles. The molecule has 0 bridgehead atoms. The van der Waals surface area contributed by atoms with Crippen molar-refractivity contribution in [1.29, 1.82) is 0 Å². The molecule has 0 aliphatic rings. The second-order valence-corrected chi connectivity index (χ2v) is 3.92. The molecule has 0 aromatic carbocycles. The Morgan fingerprint density at radius 1 is 1.62 bits per heavy atom. The van der Waals surface area contributed by atoms with E-state index in [-0.39, 0.29) is 23.8 Å². The molecule has 2 atom stereocenters. The summed E-state index contributed by atoms with van der Waals surface area (Å²) in [5, 5.41) is 14.6. The molecule has 4 nitrogen and oxygen atoms in total. The summed E-state index contributed by atoms with van der Waals surface area (Å²) < 4.78 is 0. The van der Waals surface area contributed by atoms with E-state index in [2.05, 4.69) is 10.6 Å². The van der Waals surface area contributed by atoms with Crippen LogP contribution in [0.5, 0.6) is 0 Å². The van der Waals surface area contributed by atoms with Gasteiger partial charge in [0.15, 0.2) is 0 Å². The van der Waals surface area contributed by atoms with Gasteiger partial charge in [0.1, 0.15) is 0 Å². The molecule has 0 aliphatic carbocycles. The summed E-state index contributed by atoms with van der Waals surface area (Å²) in [6.07, 6.45) is 1.92. The van der Waals surface area contributed by atoms with Crippen LogP contribution in [-0.4, -0.2) is 48.8 Å². The van der Waals surface area contributed by atoms with Gasteiger partial charge in [-0.25, -0.2) is 0 Å². The smallest absolute Gasteiger partial charge is 0.234 e. The molecule has 0 fully saturated rings. The fourth-order valence-corrected chi connectivity index (χ4v) is 1.62. The molecule has 5 heteroatoms. The third kappa shape index (κ3) is 5.13. The number of amides is 1. The van der Waals surface area contributed by atoms with Crippen LogP contribution in [0.25, 0.3) is 0 Å². The normalized spacial score (nSPS) is 15.1. The minimum absolute atomic E-state index is 0.000787. The maximum Gasteiger partial charge on any atom is 0.234 e. The highest BCUT2D eigenvalue weighted by molar-refractivity contribution is 7.99. The van der Waals surface area contributed by atoms with E-state index < -0.39 is 0 Å². The Morgan fingerprint density at radius 3 is 2.62 bits per heavy atom. The maximum absolute atomic E-state index is 11.1. The first-order valence-electron chi connectivity index (χ1n) is 4.23. The van der Waals surface area contributed by atoms with Gasteiger partial charge in [-0.2, -0.15) is 11.8 Å². The number of carbonyl (C=O) groups excluding carboxylic acids is 1. The Hall–Kier alpha value is -0.260. The zero-order chi connectivity index (χ0) is 10.3. The van der Waals surface area contributed by atoms with E-state index in [1.165, 1.54) is 0 Å². The van der Waals surface area contributed by atoms with E-state index >= 15 is 0 Å². The van der Waals surface area contributed by atoms with Crippen molar-refractivity contribution in [2.75, 3.05) is 26.5 Å². The summed E-state index contributed by atoms with van der Waals surface area (Å²) in [4.78, 5) is 11.1. The van der Waals surface area contributed by atoms with Gasteiger partial charge in [-0.05, 0) is 20.2 Å². The lowest BCUT2D eigenvalue weighted by molar-refractivity contribution is -0.120. The van der Waals surface area contributed by atoms with E-state index in [1.54, 1.807) is 18.8 Å². The molecule has 0 aliphatic heterocycles. The minimum Gasteiger partial charge on any atom is -0.395 e. The molecule has 0 aromatic heterocycles. The molecule has 3 N–H and O–H groups in total. The maximum atomic E-state index is 11.1. The van der Waals surface area contributed by atoms with Gasteiger partial charge >= 0.3 is 0 Å². The molecule has 13 heavy (non-hydrogen) atoms. The van der Waals surface area contributed by atoms with Gasteiger partial charge in [0.05, 0.1) is 13.2 Å². The Balaban J connectivity index is 3.82. The molecule has 78 valence electrons. The van der Waals surface area contributed by atoms with Gasteiger partial charge < -0.3 is 15.7 Å². The number of carbonyl (C=O) groups is 1. The SMILES string of the molecule is CNCC(=O)NC(C)C(CO)SC. The number of aliphatic hydroxyl groups excluding tert-OH is 1. The van der Waals surface area contributed by atoms with Crippen LogP contribution in [-0.2, 0) is 4.79 Å². The van der Waals surface area contributed by atoms with Gasteiger partial charge in [-0.3, -0.25) is 4.79 Å². The first-order chi connectivity index (χ1) is 6.15. The summed E-state index contributed by atoms with van der Waals surface area (Å²) in [5.74, 6) is -0.0394. The second kappa shape index (κ2) is 7.17. The van der Waals surface area contributed by atoms with E-state index in [0.29, 0.717) is 6.54 Å². The van der Waals surface area contributed by atoms with Crippen LogP contribution in [0, 0.1) is 0 Å². The zero-order valence-corrected chi connectivity index (χ0v) is 9.15. The monoisotopic (exact) mass is 206 g/mol. The topological polar surface area (TPSA) is 61.4 Å². The van der Waals surface area contributed by atoms with Crippen molar-refractivity contribution >= 4 is 17.7 Å². The lowest BCUT2D eigenvalue weighted by Gasteiger charge is -2.21. The number of hydrogen-bond donors (Lipinski definition) is 3. The van der Waals surface area contributed by atoms with E-state index in [4.69, 9.17) is 5.11 Å². The number of thioether (sulfide) groups is 1. The molecule has 1 amide bonds. The van der Waals surface area contributed by atoms with Crippen molar-refractivity contribution in [1.82, 2.24) is 10.6 Å². The molecular weight excluding hydrogens is 188 g/mol. The molecule has 0 saturated heterocycles. The zero-order valence-electron chi connectivity index (χ0n) is 8.33. The number of aliphatic hydroxyl groups is 1. The largest absolute Gasteiger partial charge is 0.395 e. The lowest BCUT2D eigenvalue weighted by atomic mass is 10.2. The van der Waals surface area contributed by atoms with Gasteiger partial charge in [0, 0.05) is 11.3 Å². The second-order valence-electron chi connectivity index (χ2n) is 2.84. The van der Waals surface area contributed by atoms with Gasteiger partial charge in [-0.1, -0.05) is 0 Å². The highest BCUT2D eigenvalue weighted by Gasteiger charge is 2.16. The van der Waals surface area contributed by atoms with Crippen LogP contribution < -0.4 is 10.6 Å². The van der Waals surface area contributed by atoms with Gasteiger partial charge in [-0.15, -0.1) is 0 Å². The van der Waals surface area contributed by atoms with Gasteiger partial charge in [0.2, 0.25) is 5.91 Å². The van der Waals surface area contributed by atoms with Crippen LogP contribution in [0.1, 0.15) is 6.92 Å². The van der Waals surface area contributed by atoms with Crippen molar-refractivity contribution in [3.8, 4) is 0 Å². The molecule has 0 saturated carbocycles. The molecule has 0 spiro atoms. The number of hydrogen-bond acceptors (Lipinski definition) is 4. The summed E-state index contributed by atoms with van der Waals surface area (Å²) in [5.41, 5.74) is 0. The van der Waals surface area contributed by atoms with Crippen LogP contribution in [0.3, 0.4) is 0 Å². The number of likely N-dealkylation sites (N-methyl/N-ethyl adjacent to an activating group) is 1. The van der Waals surface area contributed by atoms with Crippen molar-refractivity contribution in [3.63, 3.8) is 0 Å². The first-order valence-corrected chi connectivity index (χ1v) is 5.52. The van der Waals surface area contributed by atoms with Gasteiger partial charge in [0.25, 0.3) is 0 Å². The van der Waals surface area contributed by atoms with E-state index in [9.17, 15) is 4.79 Å². The Morgan fingerprint density at radius 2 is 2.23 bits per heavy atom. The summed E-state index contributed by atoms with van der Waals surface area (Å²) >= 11 is 1.55. The Kier molecular flexibility index (Phi) is 7.03. The van der Waals surface area contributed by atoms with Crippen LogP contribution in [0.15, 0.2) is 0 Å². The highest BCUT2D eigenvalue weighted by atomic mass is 32.2. The summed E-state index contributed by atoms with van der Waals surface area (Å²) in [6.45, 7) is 2.30. The lowest BCUT2D eigenvalue weighted by Crippen LogP contribution is -2.44. The van der Waals surface area contributed by atoms with Crippen molar-refractivity contribution in [2.45, 2.75) is 18.2 Å². The Labute approximate surface area is 83.5 Å². The Bertz CT molecular complexity index is 151.